The number of hydrogen-bond donors (Lipinski definition) is 3. The van der Waals surface area contributed by atoms with E-state index in [0.29, 0.717) is 13.2 Å². The molecule has 1 saturated carbocycles. The van der Waals surface area contributed by atoms with Crippen molar-refractivity contribution in [1.82, 2.24) is 10.6 Å². The Morgan fingerprint density at radius 3 is 2.56 bits per heavy atom. The summed E-state index contributed by atoms with van der Waals surface area (Å²) in [7, 11) is 1.95. The van der Waals surface area contributed by atoms with Crippen molar-refractivity contribution < 1.29 is 19.2 Å². The van der Waals surface area contributed by atoms with Crippen molar-refractivity contribution >= 4 is 11.9 Å². The van der Waals surface area contributed by atoms with Gasteiger partial charge in [-0.15, -0.1) is 0 Å². The Morgan fingerprint density at radius 2 is 1.93 bits per heavy atom. The van der Waals surface area contributed by atoms with Crippen molar-refractivity contribution in [3.8, 4) is 5.75 Å². The molecule has 1 aliphatic carbocycles. The number of rotatable bonds is 8. The maximum absolute atomic E-state index is 12.4. The van der Waals surface area contributed by atoms with Crippen molar-refractivity contribution in [2.45, 2.75) is 57.7 Å². The fourth-order valence-electron chi connectivity index (χ4n) is 3.25. The third-order valence-corrected chi connectivity index (χ3v) is 5.08. The highest BCUT2D eigenvalue weighted by molar-refractivity contribution is 5.96. The molecule has 6 nitrogen and oxygen atoms in total. The Balaban J connectivity index is 1.78. The first-order valence-corrected chi connectivity index (χ1v) is 9.76. The number of urea groups is 1. The van der Waals surface area contributed by atoms with E-state index in [2.05, 4.69) is 17.2 Å². The second-order valence-electron chi connectivity index (χ2n) is 7.29. The number of carbonyl (C=O) groups excluding carboxylic acids is 2. The predicted octanol–water partition coefficient (Wildman–Crippen LogP) is 1.81. The van der Waals surface area contributed by atoms with Gasteiger partial charge in [-0.25, -0.2) is 4.79 Å². The van der Waals surface area contributed by atoms with Gasteiger partial charge in [0, 0.05) is 11.6 Å². The van der Waals surface area contributed by atoms with E-state index in [1.54, 1.807) is 6.08 Å². The van der Waals surface area contributed by atoms with Crippen LogP contribution in [0.2, 0.25) is 0 Å². The van der Waals surface area contributed by atoms with Crippen LogP contribution >= 0.6 is 0 Å². The summed E-state index contributed by atoms with van der Waals surface area (Å²) >= 11 is 0. The zero-order valence-corrected chi connectivity index (χ0v) is 16.4. The molecule has 0 saturated heterocycles. The van der Waals surface area contributed by atoms with Crippen molar-refractivity contribution in [1.29, 1.82) is 0 Å². The Hall–Kier alpha value is -2.34. The van der Waals surface area contributed by atoms with Gasteiger partial charge in [-0.3, -0.25) is 10.1 Å². The number of likely N-dealkylation sites (N-methyl/N-ethyl adjacent to an activating group) is 1. The van der Waals surface area contributed by atoms with Gasteiger partial charge >= 0.3 is 6.03 Å². The monoisotopic (exact) mass is 374 g/mol. The molecule has 148 valence electrons. The number of carbonyl (C=O) groups is 2. The van der Waals surface area contributed by atoms with Gasteiger partial charge in [0.05, 0.1) is 7.05 Å². The second kappa shape index (κ2) is 10.7. The molecule has 1 aliphatic rings. The highest BCUT2D eigenvalue weighted by atomic mass is 16.5. The lowest BCUT2D eigenvalue weighted by atomic mass is 9.96. The third-order valence-electron chi connectivity index (χ3n) is 5.08. The molecule has 27 heavy (non-hydrogen) atoms. The van der Waals surface area contributed by atoms with E-state index in [0.717, 1.165) is 41.9 Å². The molecule has 1 aromatic carbocycles. The lowest BCUT2D eigenvalue weighted by molar-refractivity contribution is -0.908. The summed E-state index contributed by atoms with van der Waals surface area (Å²) in [5.74, 6) is 0.535. The summed E-state index contributed by atoms with van der Waals surface area (Å²) in [6.45, 7) is 6.62. The SMILES string of the molecule is C=CCOc1ccc(C[NH+](C)[C@@H](C)C(=O)NC(=O)NC2CCCCC2)cc1. The molecule has 3 N–H and O–H groups in total. The topological polar surface area (TPSA) is 71.9 Å². The van der Waals surface area contributed by atoms with Crippen LogP contribution in [0.1, 0.15) is 44.6 Å². The van der Waals surface area contributed by atoms with E-state index in [4.69, 9.17) is 4.74 Å². The molecule has 0 aliphatic heterocycles. The average Bonchev–Trinajstić information content (AvgIpc) is 2.67. The summed E-state index contributed by atoms with van der Waals surface area (Å²) < 4.78 is 5.47. The molecule has 1 unspecified atom stereocenters. The second-order valence-corrected chi connectivity index (χ2v) is 7.29. The first kappa shape index (κ1) is 21.0. The van der Waals surface area contributed by atoms with Crippen molar-refractivity contribution in [2.75, 3.05) is 13.7 Å². The number of ether oxygens (including phenoxy) is 1. The van der Waals surface area contributed by atoms with Crippen molar-refractivity contribution in [3.05, 3.63) is 42.5 Å². The molecule has 0 bridgehead atoms. The van der Waals surface area contributed by atoms with E-state index in [1.807, 2.05) is 38.2 Å². The van der Waals surface area contributed by atoms with Crippen molar-refractivity contribution in [2.24, 2.45) is 0 Å². The minimum Gasteiger partial charge on any atom is -0.490 e. The highest BCUT2D eigenvalue weighted by Gasteiger charge is 2.25. The zero-order valence-electron chi connectivity index (χ0n) is 16.4. The van der Waals surface area contributed by atoms with Crippen LogP contribution in [0.4, 0.5) is 4.79 Å². The molecule has 3 amide bonds. The molecule has 6 heteroatoms. The quantitative estimate of drug-likeness (QED) is 0.608. The predicted molar refractivity (Wildman–Crippen MR) is 106 cm³/mol. The van der Waals surface area contributed by atoms with Gasteiger partial charge in [-0.1, -0.05) is 31.9 Å². The number of amides is 3. The largest absolute Gasteiger partial charge is 0.490 e. The summed E-state index contributed by atoms with van der Waals surface area (Å²) in [6, 6.07) is 7.27. The normalized spacial score (nSPS) is 16.8. The molecule has 1 aromatic rings. The van der Waals surface area contributed by atoms with E-state index in [9.17, 15) is 9.59 Å². The van der Waals surface area contributed by atoms with E-state index >= 15 is 0 Å². The fourth-order valence-corrected chi connectivity index (χ4v) is 3.25. The lowest BCUT2D eigenvalue weighted by Crippen LogP contribution is -3.12. The molecule has 1 fully saturated rings. The van der Waals surface area contributed by atoms with Crippen LogP contribution in [-0.4, -0.2) is 37.7 Å². The van der Waals surface area contributed by atoms with Gasteiger partial charge in [-0.2, -0.15) is 0 Å². The molecule has 0 aromatic heterocycles. The Kier molecular flexibility index (Phi) is 8.33. The first-order chi connectivity index (χ1) is 13.0. The van der Waals surface area contributed by atoms with Crippen LogP contribution in [0.3, 0.4) is 0 Å². The first-order valence-electron chi connectivity index (χ1n) is 9.76. The minimum absolute atomic E-state index is 0.189. The van der Waals surface area contributed by atoms with Crippen LogP contribution in [0.25, 0.3) is 0 Å². The summed E-state index contributed by atoms with van der Waals surface area (Å²) in [5, 5.41) is 5.40. The number of hydrogen-bond acceptors (Lipinski definition) is 3. The molecular formula is C21H32N3O3+. The van der Waals surface area contributed by atoms with Gasteiger partial charge in [-0.05, 0) is 44.0 Å². The lowest BCUT2D eigenvalue weighted by Gasteiger charge is -2.24. The third kappa shape index (κ3) is 7.06. The van der Waals surface area contributed by atoms with Crippen LogP contribution in [-0.2, 0) is 11.3 Å². The van der Waals surface area contributed by atoms with Crippen LogP contribution < -0.4 is 20.3 Å². The van der Waals surface area contributed by atoms with Gasteiger partial charge in [0.15, 0.2) is 6.04 Å². The maximum atomic E-state index is 12.4. The van der Waals surface area contributed by atoms with Gasteiger partial charge in [0.2, 0.25) is 0 Å². The van der Waals surface area contributed by atoms with Crippen LogP contribution in [0.15, 0.2) is 36.9 Å². The highest BCUT2D eigenvalue weighted by Crippen LogP contribution is 2.17. The molecule has 2 rings (SSSR count). The van der Waals surface area contributed by atoms with Crippen LogP contribution in [0.5, 0.6) is 5.75 Å². The Bertz CT molecular complexity index is 624. The molecular weight excluding hydrogens is 342 g/mol. The molecule has 2 atom stereocenters. The van der Waals surface area contributed by atoms with Gasteiger partial charge < -0.3 is 15.0 Å². The zero-order chi connectivity index (χ0) is 19.6. The number of nitrogens with one attached hydrogen (secondary N) is 3. The summed E-state index contributed by atoms with van der Waals surface area (Å²) in [6.07, 6.45) is 7.20. The number of benzene rings is 1. The maximum Gasteiger partial charge on any atom is 0.321 e. The smallest absolute Gasteiger partial charge is 0.321 e. The average molecular weight is 375 g/mol. The Labute approximate surface area is 162 Å². The molecule has 0 radical (unpaired) electrons. The van der Waals surface area contributed by atoms with Gasteiger partial charge in [0.25, 0.3) is 5.91 Å². The minimum atomic E-state index is -0.379. The number of imide groups is 1. The molecule has 0 spiro atoms. The number of quaternary nitrogens is 1. The summed E-state index contributed by atoms with van der Waals surface area (Å²) in [5.41, 5.74) is 1.10. The van der Waals surface area contributed by atoms with E-state index in [-0.39, 0.29) is 24.0 Å². The van der Waals surface area contributed by atoms with E-state index < -0.39 is 0 Å². The van der Waals surface area contributed by atoms with E-state index in [1.165, 1.54) is 6.42 Å². The van der Waals surface area contributed by atoms with Gasteiger partial charge in [0.1, 0.15) is 18.9 Å². The molecule has 0 heterocycles. The standard InChI is InChI=1S/C21H31N3O3/c1-4-14-27-19-12-10-17(11-13-19)15-24(3)16(2)20(25)23-21(26)22-18-8-6-5-7-9-18/h4,10-13,16,18H,1,5-9,14-15H2,2-3H3,(H2,22,23,25,26)/p+1/t16-/m0/s1. The fraction of sp³-hybridized carbons (Fsp3) is 0.524. The van der Waals surface area contributed by atoms with Crippen molar-refractivity contribution in [3.63, 3.8) is 0 Å². The Morgan fingerprint density at radius 1 is 1.26 bits per heavy atom. The summed E-state index contributed by atoms with van der Waals surface area (Å²) in [4.78, 5) is 25.4. The van der Waals surface area contributed by atoms with Crippen LogP contribution in [0, 0.1) is 0 Å².